The van der Waals surface area contributed by atoms with Gasteiger partial charge in [-0.1, -0.05) is 24.3 Å². The lowest BCUT2D eigenvalue weighted by atomic mass is 10.1. The summed E-state index contributed by atoms with van der Waals surface area (Å²) in [4.78, 5) is 1.05. The van der Waals surface area contributed by atoms with E-state index in [1.807, 2.05) is 30.3 Å². The molecule has 25 heavy (non-hydrogen) atoms. The van der Waals surface area contributed by atoms with Crippen molar-refractivity contribution in [2.24, 2.45) is 0 Å². The Balaban J connectivity index is 1.87. The van der Waals surface area contributed by atoms with Gasteiger partial charge in [0, 0.05) is 10.1 Å². The van der Waals surface area contributed by atoms with Crippen molar-refractivity contribution in [2.75, 3.05) is 7.11 Å². The second-order valence-corrected chi connectivity index (χ2v) is 6.64. The molecule has 3 nitrogen and oxygen atoms in total. The number of hydrogen-bond acceptors (Lipinski definition) is 4. The van der Waals surface area contributed by atoms with E-state index in [1.165, 1.54) is 0 Å². The lowest BCUT2D eigenvalue weighted by Gasteiger charge is -2.09. The summed E-state index contributed by atoms with van der Waals surface area (Å²) in [5.41, 5.74) is 1.05. The van der Waals surface area contributed by atoms with Gasteiger partial charge in [-0.05, 0) is 54.1 Å². The molecule has 0 fully saturated rings. The molecule has 0 bridgehead atoms. The quantitative estimate of drug-likeness (QED) is 0.486. The minimum Gasteiger partial charge on any atom is -0.508 e. The van der Waals surface area contributed by atoms with Gasteiger partial charge in [-0.3, -0.25) is 0 Å². The smallest absolute Gasteiger partial charge is 0.153 e. The van der Waals surface area contributed by atoms with Crippen LogP contribution in [0.1, 0.15) is 0 Å². The first-order chi connectivity index (χ1) is 12.2. The molecule has 0 atom stereocenters. The number of hydrogen-bond donors (Lipinski definition) is 1. The summed E-state index contributed by atoms with van der Waals surface area (Å²) in [5.74, 6) is 2.53. The lowest BCUT2D eigenvalue weighted by molar-refractivity contribution is 0.415. The Morgan fingerprint density at radius 1 is 0.840 bits per heavy atom. The first-order valence-corrected chi connectivity index (χ1v) is 8.69. The maximum Gasteiger partial charge on any atom is 0.153 e. The molecule has 0 aliphatic carbocycles. The fraction of sp³-hybridized carbons (Fsp3) is 0.0476. The van der Waals surface area contributed by atoms with E-state index in [0.717, 1.165) is 32.0 Å². The zero-order valence-electron chi connectivity index (χ0n) is 13.6. The molecule has 4 rings (SSSR count). The number of benzene rings is 3. The largest absolute Gasteiger partial charge is 0.508 e. The van der Waals surface area contributed by atoms with Crippen LogP contribution >= 0.6 is 11.3 Å². The van der Waals surface area contributed by atoms with Crippen LogP contribution in [-0.4, -0.2) is 12.2 Å². The second kappa shape index (κ2) is 6.49. The molecule has 3 aromatic carbocycles. The first-order valence-electron chi connectivity index (χ1n) is 7.87. The van der Waals surface area contributed by atoms with E-state index in [4.69, 9.17) is 9.47 Å². The average molecular weight is 348 g/mol. The fourth-order valence-corrected chi connectivity index (χ4v) is 3.84. The van der Waals surface area contributed by atoms with E-state index >= 15 is 0 Å². The Hall–Kier alpha value is -2.98. The Morgan fingerprint density at radius 2 is 1.64 bits per heavy atom. The highest BCUT2D eigenvalue weighted by Gasteiger charge is 2.16. The van der Waals surface area contributed by atoms with Crippen LogP contribution in [0.5, 0.6) is 23.0 Å². The van der Waals surface area contributed by atoms with Crippen LogP contribution in [0.2, 0.25) is 0 Å². The van der Waals surface area contributed by atoms with Crippen LogP contribution in [0.25, 0.3) is 20.5 Å². The molecular weight excluding hydrogens is 332 g/mol. The number of aromatic hydroxyl groups is 1. The molecule has 124 valence electrons. The number of thiophene rings is 1. The van der Waals surface area contributed by atoms with Gasteiger partial charge in [0.1, 0.15) is 17.2 Å². The van der Waals surface area contributed by atoms with Crippen LogP contribution in [0, 0.1) is 0 Å². The number of phenolic OH excluding ortho intramolecular Hbond substituents is 1. The highest BCUT2D eigenvalue weighted by atomic mass is 32.1. The van der Waals surface area contributed by atoms with E-state index < -0.39 is 0 Å². The molecule has 0 saturated carbocycles. The van der Waals surface area contributed by atoms with Crippen molar-refractivity contribution in [2.45, 2.75) is 0 Å². The van der Waals surface area contributed by atoms with Gasteiger partial charge in [-0.15, -0.1) is 11.3 Å². The molecule has 0 aliphatic heterocycles. The van der Waals surface area contributed by atoms with Crippen molar-refractivity contribution >= 4 is 21.4 Å². The van der Waals surface area contributed by atoms with E-state index in [2.05, 4.69) is 18.2 Å². The molecule has 0 unspecified atom stereocenters. The van der Waals surface area contributed by atoms with Gasteiger partial charge < -0.3 is 14.6 Å². The topological polar surface area (TPSA) is 38.7 Å². The molecule has 0 saturated heterocycles. The third-order valence-electron chi connectivity index (χ3n) is 3.94. The minimum absolute atomic E-state index is 0.218. The van der Waals surface area contributed by atoms with E-state index in [1.54, 1.807) is 42.7 Å². The highest BCUT2D eigenvalue weighted by molar-refractivity contribution is 7.22. The molecular formula is C21H16O3S. The molecule has 4 aromatic rings. The molecule has 1 N–H and O–H groups in total. The molecule has 0 spiro atoms. The fourth-order valence-electron chi connectivity index (χ4n) is 2.71. The minimum atomic E-state index is 0.218. The van der Waals surface area contributed by atoms with Gasteiger partial charge in [0.15, 0.2) is 5.75 Å². The van der Waals surface area contributed by atoms with Gasteiger partial charge in [0.2, 0.25) is 0 Å². The van der Waals surface area contributed by atoms with Crippen molar-refractivity contribution in [1.82, 2.24) is 0 Å². The Kier molecular flexibility index (Phi) is 4.04. The Labute approximate surface area is 149 Å². The third kappa shape index (κ3) is 3.04. The predicted molar refractivity (Wildman–Crippen MR) is 102 cm³/mol. The first kappa shape index (κ1) is 15.5. The zero-order chi connectivity index (χ0) is 17.2. The van der Waals surface area contributed by atoms with Gasteiger partial charge >= 0.3 is 0 Å². The maximum absolute atomic E-state index is 9.48. The molecule has 0 radical (unpaired) electrons. The molecule has 0 aliphatic rings. The molecule has 4 heteroatoms. The van der Waals surface area contributed by atoms with Crippen molar-refractivity contribution < 1.29 is 14.6 Å². The number of rotatable bonds is 4. The van der Waals surface area contributed by atoms with Gasteiger partial charge in [-0.2, -0.15) is 0 Å². The summed E-state index contributed by atoms with van der Waals surface area (Å²) in [5, 5.41) is 10.5. The predicted octanol–water partition coefficient (Wildman–Crippen LogP) is 6.07. The highest BCUT2D eigenvalue weighted by Crippen LogP contribution is 2.46. The third-order valence-corrected chi connectivity index (χ3v) is 5.14. The number of methoxy groups -OCH3 is 1. The van der Waals surface area contributed by atoms with Crippen LogP contribution < -0.4 is 9.47 Å². The van der Waals surface area contributed by atoms with Gasteiger partial charge in [-0.25, -0.2) is 0 Å². The zero-order valence-corrected chi connectivity index (χ0v) is 14.4. The Bertz CT molecular complexity index is 1020. The molecule has 1 aromatic heterocycles. The summed E-state index contributed by atoms with van der Waals surface area (Å²) in [6.45, 7) is 0. The van der Waals surface area contributed by atoms with E-state index in [0.29, 0.717) is 5.75 Å². The summed E-state index contributed by atoms with van der Waals surface area (Å²) in [7, 11) is 1.66. The number of ether oxygens (including phenoxy) is 2. The lowest BCUT2D eigenvalue weighted by Crippen LogP contribution is -1.86. The van der Waals surface area contributed by atoms with Gasteiger partial charge in [0.05, 0.1) is 12.0 Å². The van der Waals surface area contributed by atoms with Crippen LogP contribution in [-0.2, 0) is 0 Å². The van der Waals surface area contributed by atoms with Gasteiger partial charge in [0.25, 0.3) is 0 Å². The monoisotopic (exact) mass is 348 g/mol. The van der Waals surface area contributed by atoms with Crippen molar-refractivity contribution in [3.05, 3.63) is 72.8 Å². The number of fused-ring (bicyclic) bond motifs is 1. The SMILES string of the molecule is COc1cccc(-c2sc3ccccc3c2Oc2ccc(O)cc2)c1. The average Bonchev–Trinajstić information content (AvgIpc) is 3.02. The summed E-state index contributed by atoms with van der Waals surface area (Å²) in [6.07, 6.45) is 0. The van der Waals surface area contributed by atoms with Crippen molar-refractivity contribution in [3.8, 4) is 33.4 Å². The van der Waals surface area contributed by atoms with Crippen LogP contribution in [0.4, 0.5) is 0 Å². The van der Waals surface area contributed by atoms with Crippen molar-refractivity contribution in [3.63, 3.8) is 0 Å². The molecule has 0 amide bonds. The van der Waals surface area contributed by atoms with E-state index in [-0.39, 0.29) is 5.75 Å². The summed E-state index contributed by atoms with van der Waals surface area (Å²) >= 11 is 1.69. The molecule has 1 heterocycles. The maximum atomic E-state index is 9.48. The Morgan fingerprint density at radius 3 is 2.44 bits per heavy atom. The van der Waals surface area contributed by atoms with Crippen LogP contribution in [0.3, 0.4) is 0 Å². The summed E-state index contributed by atoms with van der Waals surface area (Å²) in [6, 6.07) is 22.9. The second-order valence-electron chi connectivity index (χ2n) is 5.58. The van der Waals surface area contributed by atoms with Crippen molar-refractivity contribution in [1.29, 1.82) is 0 Å². The normalized spacial score (nSPS) is 10.8. The summed E-state index contributed by atoms with van der Waals surface area (Å²) < 4.78 is 12.7. The van der Waals surface area contributed by atoms with Crippen LogP contribution in [0.15, 0.2) is 72.8 Å². The number of phenols is 1. The standard InChI is InChI=1S/C21H16O3S/c1-23-17-6-4-5-14(13-17)21-20(18-7-2-3-8-19(18)25-21)24-16-11-9-15(22)10-12-16/h2-13,22H,1H3. The van der Waals surface area contributed by atoms with E-state index in [9.17, 15) is 5.11 Å².